The van der Waals surface area contributed by atoms with E-state index in [-0.39, 0.29) is 12.5 Å². The van der Waals surface area contributed by atoms with Crippen molar-refractivity contribution < 1.29 is 17.9 Å². The van der Waals surface area contributed by atoms with E-state index in [4.69, 9.17) is 16.3 Å². The van der Waals surface area contributed by atoms with E-state index in [0.29, 0.717) is 29.3 Å². The Morgan fingerprint density at radius 2 is 2.15 bits per heavy atom. The van der Waals surface area contributed by atoms with Crippen molar-refractivity contribution in [2.24, 2.45) is 0 Å². The Kier molecular flexibility index (Phi) is 4.25. The van der Waals surface area contributed by atoms with Crippen LogP contribution in [0, 0.1) is 0 Å². The zero-order valence-corrected chi connectivity index (χ0v) is 12.9. The summed E-state index contributed by atoms with van der Waals surface area (Å²) in [7, 11) is -1.65. The number of carbonyl (C=O) groups excluding carboxylic acids is 1. The van der Waals surface area contributed by atoms with Crippen LogP contribution in [0.1, 0.15) is 16.8 Å². The second-order valence-electron chi connectivity index (χ2n) is 4.84. The molecule has 0 spiro atoms. The summed E-state index contributed by atoms with van der Waals surface area (Å²) >= 11 is 5.90. The maximum Gasteiger partial charge on any atom is 0.257 e. The Labute approximate surface area is 123 Å². The highest BCUT2D eigenvalue weighted by Gasteiger charge is 2.33. The van der Waals surface area contributed by atoms with E-state index in [2.05, 4.69) is 0 Å². The van der Waals surface area contributed by atoms with Crippen LogP contribution in [0.2, 0.25) is 5.02 Å². The molecule has 5 nitrogen and oxygen atoms in total. The predicted octanol–water partition coefficient (Wildman–Crippen LogP) is 1.61. The van der Waals surface area contributed by atoms with E-state index in [9.17, 15) is 13.2 Å². The van der Waals surface area contributed by atoms with Crippen LogP contribution in [0.15, 0.2) is 18.2 Å². The van der Waals surface area contributed by atoms with Gasteiger partial charge in [-0.3, -0.25) is 4.79 Å². The van der Waals surface area contributed by atoms with Crippen LogP contribution in [-0.4, -0.2) is 50.9 Å². The van der Waals surface area contributed by atoms with Crippen LogP contribution in [0.5, 0.6) is 5.75 Å². The van der Waals surface area contributed by atoms with Crippen LogP contribution in [-0.2, 0) is 9.84 Å². The molecule has 0 aliphatic carbocycles. The second-order valence-corrected chi connectivity index (χ2v) is 7.60. The maximum absolute atomic E-state index is 12.4. The molecule has 0 radical (unpaired) electrons. The quantitative estimate of drug-likeness (QED) is 0.849. The summed E-state index contributed by atoms with van der Waals surface area (Å²) in [5, 5.41) is -0.0513. The van der Waals surface area contributed by atoms with E-state index >= 15 is 0 Å². The summed E-state index contributed by atoms with van der Waals surface area (Å²) in [5.74, 6) is 0.178. The van der Waals surface area contributed by atoms with Crippen molar-refractivity contribution in [3.63, 3.8) is 0 Å². The summed E-state index contributed by atoms with van der Waals surface area (Å²) in [5.41, 5.74) is 0.356. The van der Waals surface area contributed by atoms with Gasteiger partial charge in [-0.1, -0.05) is 11.6 Å². The molecule has 1 aliphatic heterocycles. The molecule has 110 valence electrons. The Morgan fingerprint density at radius 3 is 2.70 bits per heavy atom. The van der Waals surface area contributed by atoms with Gasteiger partial charge in [0.15, 0.2) is 9.84 Å². The summed E-state index contributed by atoms with van der Waals surface area (Å²) in [6.45, 7) is 0.638. The molecule has 0 aromatic heterocycles. The van der Waals surface area contributed by atoms with Crippen molar-refractivity contribution in [3.8, 4) is 5.75 Å². The molecule has 1 aromatic carbocycles. The number of rotatable bonds is 3. The number of sulfone groups is 1. The van der Waals surface area contributed by atoms with Crippen molar-refractivity contribution in [1.29, 1.82) is 0 Å². The molecule has 1 amide bonds. The standard InChI is InChI=1S/C13H16ClNO4S/c1-19-12-4-3-9(14)7-11(12)13(16)15-6-5-10(8-15)20(2,17)18/h3-4,7,10H,5-6,8H2,1-2H3/t10-/m0/s1. The Balaban J connectivity index is 2.23. The van der Waals surface area contributed by atoms with Crippen molar-refractivity contribution in [3.05, 3.63) is 28.8 Å². The normalized spacial score (nSPS) is 19.1. The lowest BCUT2D eigenvalue weighted by atomic mass is 10.1. The van der Waals surface area contributed by atoms with Crippen molar-refractivity contribution in [1.82, 2.24) is 4.90 Å². The molecule has 1 saturated heterocycles. The second kappa shape index (κ2) is 5.61. The monoisotopic (exact) mass is 317 g/mol. The minimum atomic E-state index is -3.13. The molecule has 2 rings (SSSR count). The van der Waals surface area contributed by atoms with Gasteiger partial charge in [0.2, 0.25) is 0 Å². The van der Waals surface area contributed by atoms with Gasteiger partial charge in [-0.05, 0) is 24.6 Å². The Morgan fingerprint density at radius 1 is 1.45 bits per heavy atom. The highest BCUT2D eigenvalue weighted by atomic mass is 35.5. The van der Waals surface area contributed by atoms with Gasteiger partial charge in [0.25, 0.3) is 5.91 Å². The SMILES string of the molecule is COc1ccc(Cl)cc1C(=O)N1CC[C@H](S(C)(=O)=O)C1. The van der Waals surface area contributed by atoms with Crippen LogP contribution in [0.4, 0.5) is 0 Å². The summed E-state index contributed by atoms with van der Waals surface area (Å²) in [6.07, 6.45) is 1.67. The molecular weight excluding hydrogens is 302 g/mol. The number of halogens is 1. The maximum atomic E-state index is 12.4. The fourth-order valence-corrected chi connectivity index (χ4v) is 3.44. The summed E-state index contributed by atoms with van der Waals surface area (Å²) < 4.78 is 28.2. The van der Waals surface area contributed by atoms with Gasteiger partial charge in [-0.2, -0.15) is 0 Å². The fraction of sp³-hybridized carbons (Fsp3) is 0.462. The van der Waals surface area contributed by atoms with Gasteiger partial charge in [0, 0.05) is 24.4 Å². The van der Waals surface area contributed by atoms with Crippen molar-refractivity contribution >= 4 is 27.3 Å². The number of hydrogen-bond donors (Lipinski definition) is 0. The van der Waals surface area contributed by atoms with E-state index in [0.717, 1.165) is 0 Å². The molecule has 20 heavy (non-hydrogen) atoms. The highest BCUT2D eigenvalue weighted by molar-refractivity contribution is 7.91. The van der Waals surface area contributed by atoms with E-state index < -0.39 is 15.1 Å². The molecule has 1 fully saturated rings. The fourth-order valence-electron chi connectivity index (χ4n) is 2.28. The number of ether oxygens (including phenoxy) is 1. The number of nitrogens with zero attached hydrogens (tertiary/aromatic N) is 1. The van der Waals surface area contributed by atoms with Gasteiger partial charge in [-0.25, -0.2) is 8.42 Å². The average molecular weight is 318 g/mol. The Hall–Kier alpha value is -1.27. The third-order valence-electron chi connectivity index (χ3n) is 3.43. The largest absolute Gasteiger partial charge is 0.496 e. The lowest BCUT2D eigenvalue weighted by Gasteiger charge is -2.18. The van der Waals surface area contributed by atoms with Gasteiger partial charge >= 0.3 is 0 Å². The molecular formula is C13H16ClNO4S. The molecule has 0 saturated carbocycles. The first-order chi connectivity index (χ1) is 9.32. The first-order valence-corrected chi connectivity index (χ1v) is 8.48. The first-order valence-electron chi connectivity index (χ1n) is 6.14. The minimum absolute atomic E-state index is 0.216. The van der Waals surface area contributed by atoms with Gasteiger partial charge in [0.05, 0.1) is 17.9 Å². The van der Waals surface area contributed by atoms with E-state index in [1.165, 1.54) is 24.3 Å². The third kappa shape index (κ3) is 3.07. The van der Waals surface area contributed by atoms with Gasteiger partial charge in [0.1, 0.15) is 5.75 Å². The number of likely N-dealkylation sites (tertiary alicyclic amines) is 1. The van der Waals surface area contributed by atoms with Crippen LogP contribution in [0.25, 0.3) is 0 Å². The number of amides is 1. The molecule has 1 atom stereocenters. The number of carbonyl (C=O) groups is 1. The van der Waals surface area contributed by atoms with Gasteiger partial charge < -0.3 is 9.64 Å². The molecule has 0 N–H and O–H groups in total. The number of methoxy groups -OCH3 is 1. The topological polar surface area (TPSA) is 63.7 Å². The average Bonchev–Trinajstić information content (AvgIpc) is 2.87. The smallest absolute Gasteiger partial charge is 0.257 e. The predicted molar refractivity (Wildman–Crippen MR) is 77.2 cm³/mol. The lowest BCUT2D eigenvalue weighted by Crippen LogP contribution is -2.31. The number of hydrogen-bond acceptors (Lipinski definition) is 4. The zero-order chi connectivity index (χ0) is 14.9. The summed E-state index contributed by atoms with van der Waals surface area (Å²) in [6, 6.07) is 4.80. The highest BCUT2D eigenvalue weighted by Crippen LogP contribution is 2.26. The van der Waals surface area contributed by atoms with Crippen LogP contribution < -0.4 is 4.74 Å². The molecule has 0 bridgehead atoms. The number of benzene rings is 1. The van der Waals surface area contributed by atoms with Crippen molar-refractivity contribution in [2.75, 3.05) is 26.5 Å². The molecule has 7 heteroatoms. The summed E-state index contributed by atoms with van der Waals surface area (Å²) in [4.78, 5) is 14.0. The lowest BCUT2D eigenvalue weighted by molar-refractivity contribution is 0.0790. The first kappa shape index (κ1) is 15.1. The third-order valence-corrected chi connectivity index (χ3v) is 5.26. The molecule has 1 aromatic rings. The van der Waals surface area contributed by atoms with E-state index in [1.807, 2.05) is 0 Å². The van der Waals surface area contributed by atoms with Crippen LogP contribution >= 0.6 is 11.6 Å². The van der Waals surface area contributed by atoms with E-state index in [1.54, 1.807) is 12.1 Å². The molecule has 1 aliphatic rings. The van der Waals surface area contributed by atoms with Crippen LogP contribution in [0.3, 0.4) is 0 Å². The molecule has 1 heterocycles. The minimum Gasteiger partial charge on any atom is -0.496 e. The Bertz CT molecular complexity index is 629. The molecule has 0 unspecified atom stereocenters. The van der Waals surface area contributed by atoms with Gasteiger partial charge in [-0.15, -0.1) is 0 Å². The zero-order valence-electron chi connectivity index (χ0n) is 11.3. The van der Waals surface area contributed by atoms with Crippen molar-refractivity contribution in [2.45, 2.75) is 11.7 Å².